The molecule has 1 aromatic carbocycles. The lowest BCUT2D eigenvalue weighted by Gasteiger charge is -2.28. The van der Waals surface area contributed by atoms with Crippen molar-refractivity contribution in [1.82, 2.24) is 9.80 Å². The first-order valence-corrected chi connectivity index (χ1v) is 8.53. The molecule has 0 aliphatic carbocycles. The van der Waals surface area contributed by atoms with Gasteiger partial charge in [-0.15, -0.1) is 0 Å². The van der Waals surface area contributed by atoms with Crippen molar-refractivity contribution in [3.05, 3.63) is 29.3 Å². The van der Waals surface area contributed by atoms with E-state index in [9.17, 15) is 9.90 Å². The average Bonchev–Trinajstić information content (AvgIpc) is 3.16. The van der Waals surface area contributed by atoms with Gasteiger partial charge in [-0.05, 0) is 44.5 Å². The van der Waals surface area contributed by atoms with Crippen molar-refractivity contribution < 1.29 is 14.6 Å². The molecule has 0 radical (unpaired) electrons. The molecule has 1 atom stereocenters. The molecule has 0 bridgehead atoms. The van der Waals surface area contributed by atoms with E-state index in [1.165, 1.54) is 12.8 Å². The molecule has 0 spiro atoms. The highest BCUT2D eigenvalue weighted by atomic mass is 35.5. The second-order valence-corrected chi connectivity index (χ2v) is 6.90. The number of benzene rings is 1. The molecule has 126 valence electrons. The predicted octanol–water partition coefficient (Wildman–Crippen LogP) is 1.78. The van der Waals surface area contributed by atoms with Gasteiger partial charge >= 0.3 is 0 Å². The molecule has 1 N–H and O–H groups in total. The van der Waals surface area contributed by atoms with Crippen molar-refractivity contribution in [3.63, 3.8) is 0 Å². The van der Waals surface area contributed by atoms with Gasteiger partial charge in [-0.1, -0.05) is 23.7 Å². The molecule has 23 heavy (non-hydrogen) atoms. The fourth-order valence-electron chi connectivity index (χ4n) is 3.35. The van der Waals surface area contributed by atoms with Gasteiger partial charge in [-0.3, -0.25) is 4.79 Å². The lowest BCUT2D eigenvalue weighted by Crippen LogP contribution is -2.45. The summed E-state index contributed by atoms with van der Waals surface area (Å²) in [5.41, 5.74) is -0.787. The number of amides is 1. The van der Waals surface area contributed by atoms with Crippen LogP contribution in [0.1, 0.15) is 19.3 Å². The monoisotopic (exact) mass is 338 g/mol. The summed E-state index contributed by atoms with van der Waals surface area (Å²) in [6.45, 7) is 3.66. The van der Waals surface area contributed by atoms with Crippen LogP contribution in [0.3, 0.4) is 0 Å². The molecule has 2 aliphatic rings. The number of nitrogens with zero attached hydrogens (tertiary/aromatic N) is 2. The summed E-state index contributed by atoms with van der Waals surface area (Å²) in [6, 6.07) is 7.10. The van der Waals surface area contributed by atoms with Crippen molar-refractivity contribution in [2.45, 2.75) is 24.9 Å². The quantitative estimate of drug-likeness (QED) is 0.889. The van der Waals surface area contributed by atoms with Crippen LogP contribution < -0.4 is 4.74 Å². The molecular weight excluding hydrogens is 316 g/mol. The number of hydrogen-bond acceptors (Lipinski definition) is 4. The second-order valence-electron chi connectivity index (χ2n) is 6.49. The summed E-state index contributed by atoms with van der Waals surface area (Å²) in [6.07, 6.45) is 3.02. The molecule has 2 heterocycles. The third-order valence-corrected chi connectivity index (χ3v) is 4.90. The molecule has 2 saturated heterocycles. The number of ether oxygens (including phenoxy) is 1. The molecule has 0 unspecified atom stereocenters. The normalized spacial score (nSPS) is 25.0. The molecule has 6 heteroatoms. The summed E-state index contributed by atoms with van der Waals surface area (Å²) in [7, 11) is 0. The summed E-state index contributed by atoms with van der Waals surface area (Å²) in [5, 5.41) is 11.2. The second kappa shape index (κ2) is 7.07. The summed E-state index contributed by atoms with van der Waals surface area (Å²) in [4.78, 5) is 16.3. The first-order valence-electron chi connectivity index (χ1n) is 8.16. The maximum absolute atomic E-state index is 12.3. The molecule has 0 aromatic heterocycles. The van der Waals surface area contributed by atoms with Crippen LogP contribution in [-0.2, 0) is 4.79 Å². The van der Waals surface area contributed by atoms with Gasteiger partial charge in [0.25, 0.3) is 5.91 Å². The summed E-state index contributed by atoms with van der Waals surface area (Å²) < 4.78 is 5.50. The minimum absolute atomic E-state index is 0.0521. The predicted molar refractivity (Wildman–Crippen MR) is 88.8 cm³/mol. The van der Waals surface area contributed by atoms with Crippen molar-refractivity contribution in [3.8, 4) is 5.75 Å². The van der Waals surface area contributed by atoms with Crippen LogP contribution in [0.15, 0.2) is 24.3 Å². The van der Waals surface area contributed by atoms with E-state index in [1.54, 1.807) is 17.0 Å². The smallest absolute Gasteiger partial charge is 0.260 e. The zero-order valence-electron chi connectivity index (χ0n) is 13.2. The fraction of sp³-hybridized carbons (Fsp3) is 0.588. The number of halogens is 1. The number of hydrogen-bond donors (Lipinski definition) is 1. The number of β-amino-alcohol motifs (C(OH)–C–C–N with tert-alkyl or cyclic N) is 1. The van der Waals surface area contributed by atoms with Gasteiger partial charge in [0.05, 0.1) is 17.2 Å². The highest BCUT2D eigenvalue weighted by molar-refractivity contribution is 6.32. The van der Waals surface area contributed by atoms with Gasteiger partial charge in [0.1, 0.15) is 5.75 Å². The van der Waals surface area contributed by atoms with E-state index < -0.39 is 5.60 Å². The van der Waals surface area contributed by atoms with Crippen molar-refractivity contribution in [2.75, 3.05) is 39.3 Å². The third kappa shape index (κ3) is 4.16. The van der Waals surface area contributed by atoms with Crippen LogP contribution in [0.25, 0.3) is 0 Å². The number of carbonyl (C=O) groups is 1. The zero-order chi connectivity index (χ0) is 16.3. The van der Waals surface area contributed by atoms with E-state index in [2.05, 4.69) is 4.90 Å². The maximum atomic E-state index is 12.3. The lowest BCUT2D eigenvalue weighted by atomic mass is 10.0. The van der Waals surface area contributed by atoms with Gasteiger partial charge in [-0.2, -0.15) is 0 Å². The molecule has 2 aliphatic heterocycles. The Morgan fingerprint density at radius 3 is 2.74 bits per heavy atom. The number of rotatable bonds is 5. The Morgan fingerprint density at radius 2 is 2.00 bits per heavy atom. The molecular formula is C17H23ClN2O3. The molecule has 3 rings (SSSR count). The first-order chi connectivity index (χ1) is 11.1. The van der Waals surface area contributed by atoms with E-state index in [0.29, 0.717) is 36.8 Å². The Morgan fingerprint density at radius 1 is 1.26 bits per heavy atom. The first kappa shape index (κ1) is 16.6. The van der Waals surface area contributed by atoms with Gasteiger partial charge in [0.15, 0.2) is 6.61 Å². The largest absolute Gasteiger partial charge is 0.482 e. The molecule has 2 fully saturated rings. The van der Waals surface area contributed by atoms with Crippen molar-refractivity contribution >= 4 is 17.5 Å². The van der Waals surface area contributed by atoms with Crippen LogP contribution in [-0.4, -0.2) is 65.7 Å². The SMILES string of the molecule is O=C(COc1ccccc1Cl)N1CC[C@](O)(CN2CCCC2)C1. The van der Waals surface area contributed by atoms with Gasteiger partial charge in [0.2, 0.25) is 0 Å². The van der Waals surface area contributed by atoms with E-state index in [-0.39, 0.29) is 12.5 Å². The number of likely N-dealkylation sites (tertiary alicyclic amines) is 2. The topological polar surface area (TPSA) is 53.0 Å². The summed E-state index contributed by atoms with van der Waals surface area (Å²) in [5.74, 6) is 0.399. The number of para-hydroxylation sites is 1. The highest BCUT2D eigenvalue weighted by Crippen LogP contribution is 2.26. The van der Waals surface area contributed by atoms with Crippen molar-refractivity contribution in [2.24, 2.45) is 0 Å². The van der Waals surface area contributed by atoms with E-state index >= 15 is 0 Å². The van der Waals surface area contributed by atoms with Gasteiger partial charge < -0.3 is 19.6 Å². The Labute approximate surface area is 141 Å². The Hall–Kier alpha value is -1.30. The third-order valence-electron chi connectivity index (χ3n) is 4.59. The van der Waals surface area contributed by atoms with Gasteiger partial charge in [-0.25, -0.2) is 0 Å². The van der Waals surface area contributed by atoms with Crippen LogP contribution in [0, 0.1) is 0 Å². The summed E-state index contributed by atoms with van der Waals surface area (Å²) >= 11 is 6.01. The van der Waals surface area contributed by atoms with Crippen molar-refractivity contribution in [1.29, 1.82) is 0 Å². The highest BCUT2D eigenvalue weighted by Gasteiger charge is 2.39. The Kier molecular flexibility index (Phi) is 5.09. The van der Waals surface area contributed by atoms with E-state index in [0.717, 1.165) is 13.1 Å². The Balaban J connectivity index is 1.50. The van der Waals surface area contributed by atoms with Crippen LogP contribution >= 0.6 is 11.6 Å². The minimum Gasteiger partial charge on any atom is -0.482 e. The fourth-order valence-corrected chi connectivity index (χ4v) is 3.54. The number of aliphatic hydroxyl groups is 1. The van der Waals surface area contributed by atoms with Gasteiger partial charge in [0, 0.05) is 13.1 Å². The Bertz CT molecular complexity index is 563. The molecule has 5 nitrogen and oxygen atoms in total. The van der Waals surface area contributed by atoms with Crippen LogP contribution in [0.4, 0.5) is 0 Å². The standard InChI is InChI=1S/C17H23ClN2O3/c18-14-5-1-2-6-15(14)23-11-16(21)20-10-7-17(22,13-20)12-19-8-3-4-9-19/h1-2,5-6,22H,3-4,7-13H2/t17-/m0/s1. The zero-order valence-corrected chi connectivity index (χ0v) is 14.0. The number of carbonyl (C=O) groups excluding carboxylic acids is 1. The van der Waals surface area contributed by atoms with E-state index in [1.807, 2.05) is 12.1 Å². The average molecular weight is 339 g/mol. The molecule has 1 amide bonds. The minimum atomic E-state index is -0.787. The van der Waals surface area contributed by atoms with Crippen LogP contribution in [0.5, 0.6) is 5.75 Å². The van der Waals surface area contributed by atoms with E-state index in [4.69, 9.17) is 16.3 Å². The molecule has 1 aromatic rings. The maximum Gasteiger partial charge on any atom is 0.260 e. The molecule has 0 saturated carbocycles. The van der Waals surface area contributed by atoms with Crippen LogP contribution in [0.2, 0.25) is 5.02 Å². The lowest BCUT2D eigenvalue weighted by molar-refractivity contribution is -0.133.